The normalized spacial score (nSPS) is 10.6. The predicted molar refractivity (Wildman–Crippen MR) is 78.6 cm³/mol. The first kappa shape index (κ1) is 15.3. The summed E-state index contributed by atoms with van der Waals surface area (Å²) in [5, 5.41) is 9.30. The van der Waals surface area contributed by atoms with Gasteiger partial charge in [-0.05, 0) is 32.8 Å². The zero-order valence-corrected chi connectivity index (χ0v) is 12.5. The van der Waals surface area contributed by atoms with E-state index in [1.807, 2.05) is 31.7 Å². The van der Waals surface area contributed by atoms with Gasteiger partial charge in [0.25, 0.3) is 5.56 Å². The van der Waals surface area contributed by atoms with E-state index in [1.165, 1.54) is 0 Å². The molecule has 19 heavy (non-hydrogen) atoms. The van der Waals surface area contributed by atoms with Gasteiger partial charge in [0.2, 0.25) is 0 Å². The van der Waals surface area contributed by atoms with Gasteiger partial charge < -0.3 is 9.47 Å². The van der Waals surface area contributed by atoms with Crippen molar-refractivity contribution in [1.82, 2.24) is 4.57 Å². The van der Waals surface area contributed by atoms with Crippen molar-refractivity contribution in [3.8, 4) is 6.07 Å². The molecular weight excluding hydrogens is 238 g/mol. The zero-order valence-electron chi connectivity index (χ0n) is 12.5. The second-order valence-electron chi connectivity index (χ2n) is 5.14. The van der Waals surface area contributed by atoms with Crippen LogP contribution in [0.2, 0.25) is 0 Å². The molecule has 4 heteroatoms. The molecule has 0 aromatic carbocycles. The first-order valence-electron chi connectivity index (χ1n) is 6.85. The number of rotatable bonds is 5. The molecular formula is C15H23N3O. The highest BCUT2D eigenvalue weighted by molar-refractivity contribution is 5.59. The fourth-order valence-corrected chi connectivity index (χ4v) is 2.26. The lowest BCUT2D eigenvalue weighted by Crippen LogP contribution is -2.31. The predicted octanol–water partition coefficient (Wildman–Crippen LogP) is 2.53. The van der Waals surface area contributed by atoms with Gasteiger partial charge in [0.05, 0.1) is 5.69 Å². The Morgan fingerprint density at radius 3 is 2.37 bits per heavy atom. The van der Waals surface area contributed by atoms with Crippen molar-refractivity contribution >= 4 is 5.69 Å². The molecule has 0 unspecified atom stereocenters. The Kier molecular flexibility index (Phi) is 5.17. The average molecular weight is 261 g/mol. The van der Waals surface area contributed by atoms with Crippen molar-refractivity contribution in [2.24, 2.45) is 5.92 Å². The van der Waals surface area contributed by atoms with E-state index in [4.69, 9.17) is 0 Å². The summed E-state index contributed by atoms with van der Waals surface area (Å²) in [5.74, 6) is 0.377. The summed E-state index contributed by atoms with van der Waals surface area (Å²) in [6.45, 7) is 12.3. The second kappa shape index (κ2) is 6.42. The molecule has 0 N–H and O–H groups in total. The van der Waals surface area contributed by atoms with E-state index in [1.54, 1.807) is 4.57 Å². The molecule has 0 atom stereocenters. The average Bonchev–Trinajstić information content (AvgIpc) is 2.36. The minimum Gasteiger partial charge on any atom is -0.371 e. The maximum atomic E-state index is 12.4. The van der Waals surface area contributed by atoms with Gasteiger partial charge in [-0.2, -0.15) is 5.26 Å². The lowest BCUT2D eigenvalue weighted by atomic mass is 10.1. The van der Waals surface area contributed by atoms with Crippen LogP contribution in [-0.4, -0.2) is 17.7 Å². The minimum absolute atomic E-state index is 0.168. The third-order valence-corrected chi connectivity index (χ3v) is 3.25. The van der Waals surface area contributed by atoms with Gasteiger partial charge in [-0.3, -0.25) is 4.79 Å². The molecule has 0 bridgehead atoms. The molecule has 1 rings (SSSR count). The molecule has 1 aromatic rings. The summed E-state index contributed by atoms with van der Waals surface area (Å²) < 4.78 is 1.70. The number of hydrogen-bond acceptors (Lipinski definition) is 3. The van der Waals surface area contributed by atoms with E-state index in [0.717, 1.165) is 24.5 Å². The van der Waals surface area contributed by atoms with E-state index in [9.17, 15) is 10.1 Å². The fourth-order valence-electron chi connectivity index (χ4n) is 2.26. The van der Waals surface area contributed by atoms with Gasteiger partial charge in [-0.25, -0.2) is 0 Å². The largest absolute Gasteiger partial charge is 0.371 e. The number of anilines is 1. The van der Waals surface area contributed by atoms with E-state index >= 15 is 0 Å². The monoisotopic (exact) mass is 261 g/mol. The van der Waals surface area contributed by atoms with E-state index in [2.05, 4.69) is 19.9 Å². The van der Waals surface area contributed by atoms with E-state index in [0.29, 0.717) is 12.5 Å². The number of hydrogen-bond donors (Lipinski definition) is 0. The van der Waals surface area contributed by atoms with Gasteiger partial charge >= 0.3 is 0 Å². The minimum atomic E-state index is -0.168. The lowest BCUT2D eigenvalue weighted by molar-refractivity contribution is 0.501. The standard InChI is InChI=1S/C15H23N3O/c1-6-17(7-2)14-8-12(5)18(10-11(3)4)15(19)13(14)9-16/h8,11H,6-7,10H2,1-5H3. The molecule has 1 heterocycles. The summed E-state index contributed by atoms with van der Waals surface area (Å²) in [6.07, 6.45) is 0. The molecule has 0 fully saturated rings. The van der Waals surface area contributed by atoms with Gasteiger partial charge in [-0.15, -0.1) is 0 Å². The summed E-state index contributed by atoms with van der Waals surface area (Å²) in [6, 6.07) is 4.03. The Morgan fingerprint density at radius 1 is 1.37 bits per heavy atom. The molecule has 1 aromatic heterocycles. The number of pyridine rings is 1. The van der Waals surface area contributed by atoms with Crippen LogP contribution in [0.3, 0.4) is 0 Å². The topological polar surface area (TPSA) is 49.0 Å². The molecule has 0 saturated heterocycles. The zero-order chi connectivity index (χ0) is 14.6. The highest BCUT2D eigenvalue weighted by Gasteiger charge is 2.16. The number of aryl methyl sites for hydroxylation is 1. The summed E-state index contributed by atoms with van der Waals surface area (Å²) in [7, 11) is 0. The number of aromatic nitrogens is 1. The van der Waals surface area contributed by atoms with Gasteiger partial charge in [0.1, 0.15) is 11.6 Å². The Morgan fingerprint density at radius 2 is 1.95 bits per heavy atom. The molecule has 0 spiro atoms. The smallest absolute Gasteiger partial charge is 0.270 e. The van der Waals surface area contributed by atoms with Crippen LogP contribution in [0.25, 0.3) is 0 Å². The number of nitrogens with zero attached hydrogens (tertiary/aromatic N) is 3. The van der Waals surface area contributed by atoms with Gasteiger partial charge in [0, 0.05) is 25.3 Å². The first-order valence-corrected chi connectivity index (χ1v) is 6.85. The Labute approximate surface area is 115 Å². The quantitative estimate of drug-likeness (QED) is 0.818. The van der Waals surface area contributed by atoms with Crippen LogP contribution in [0.1, 0.15) is 39.0 Å². The van der Waals surface area contributed by atoms with Crippen molar-refractivity contribution in [1.29, 1.82) is 5.26 Å². The first-order chi connectivity index (χ1) is 8.96. The lowest BCUT2D eigenvalue weighted by Gasteiger charge is -2.24. The summed E-state index contributed by atoms with van der Waals surface area (Å²) >= 11 is 0. The summed E-state index contributed by atoms with van der Waals surface area (Å²) in [4.78, 5) is 14.5. The van der Waals surface area contributed by atoms with Crippen molar-refractivity contribution in [3.05, 3.63) is 27.7 Å². The van der Waals surface area contributed by atoms with Crippen LogP contribution in [0.15, 0.2) is 10.9 Å². The highest BCUT2D eigenvalue weighted by atomic mass is 16.1. The van der Waals surface area contributed by atoms with E-state index < -0.39 is 0 Å². The van der Waals surface area contributed by atoms with Crippen LogP contribution >= 0.6 is 0 Å². The molecule has 0 radical (unpaired) electrons. The maximum absolute atomic E-state index is 12.4. The van der Waals surface area contributed by atoms with Crippen molar-refractivity contribution in [2.45, 2.75) is 41.2 Å². The van der Waals surface area contributed by atoms with Crippen molar-refractivity contribution in [3.63, 3.8) is 0 Å². The highest BCUT2D eigenvalue weighted by Crippen LogP contribution is 2.19. The van der Waals surface area contributed by atoms with Gasteiger partial charge in [0.15, 0.2) is 0 Å². The third-order valence-electron chi connectivity index (χ3n) is 3.25. The molecule has 0 aliphatic rings. The van der Waals surface area contributed by atoms with Crippen LogP contribution in [0.5, 0.6) is 0 Å². The van der Waals surface area contributed by atoms with Gasteiger partial charge in [-0.1, -0.05) is 13.8 Å². The molecule has 0 saturated carbocycles. The fraction of sp³-hybridized carbons (Fsp3) is 0.600. The van der Waals surface area contributed by atoms with Crippen molar-refractivity contribution < 1.29 is 0 Å². The maximum Gasteiger partial charge on any atom is 0.270 e. The molecule has 4 nitrogen and oxygen atoms in total. The van der Waals surface area contributed by atoms with Crippen LogP contribution < -0.4 is 10.5 Å². The Balaban J connectivity index is 3.47. The number of nitriles is 1. The van der Waals surface area contributed by atoms with E-state index in [-0.39, 0.29) is 11.1 Å². The molecule has 0 aliphatic carbocycles. The molecule has 0 amide bonds. The second-order valence-corrected chi connectivity index (χ2v) is 5.14. The molecule has 104 valence electrons. The van der Waals surface area contributed by atoms with Crippen LogP contribution in [0.4, 0.5) is 5.69 Å². The molecule has 0 aliphatic heterocycles. The van der Waals surface area contributed by atoms with Crippen molar-refractivity contribution in [2.75, 3.05) is 18.0 Å². The Bertz CT molecular complexity index is 534. The summed E-state index contributed by atoms with van der Waals surface area (Å²) in [5.41, 5.74) is 1.77. The van der Waals surface area contributed by atoms with Crippen LogP contribution in [-0.2, 0) is 6.54 Å². The SMILES string of the molecule is CCN(CC)c1cc(C)n(CC(C)C)c(=O)c1C#N. The van der Waals surface area contributed by atoms with Crippen LogP contribution in [0, 0.1) is 24.2 Å². The third kappa shape index (κ3) is 3.17. The Hall–Kier alpha value is -1.76.